The molecule has 132 valence electrons. The lowest BCUT2D eigenvalue weighted by Crippen LogP contribution is -2.48. The van der Waals surface area contributed by atoms with Crippen LogP contribution in [-0.4, -0.2) is 52.9 Å². The fraction of sp³-hybridized carbons (Fsp3) is 0.571. The van der Waals surface area contributed by atoms with Gasteiger partial charge in [0.2, 0.25) is 5.91 Å². The number of aromatic nitrogens is 1. The molecule has 3 rings (SSSR count). The minimum absolute atomic E-state index is 0.0542. The molecule has 1 aliphatic carbocycles. The van der Waals surface area contributed by atoms with Crippen molar-refractivity contribution >= 4 is 22.1 Å². The van der Waals surface area contributed by atoms with Crippen LogP contribution < -0.4 is 10.9 Å². The number of carbonyl (C=O) groups excluding carboxylic acids is 1. The number of rotatable bonds is 4. The van der Waals surface area contributed by atoms with E-state index in [4.69, 9.17) is 10.9 Å². The maximum absolute atomic E-state index is 12.2. The Labute approximate surface area is 139 Å². The van der Waals surface area contributed by atoms with Gasteiger partial charge in [0.1, 0.15) is 5.69 Å². The highest BCUT2D eigenvalue weighted by molar-refractivity contribution is 7.87. The summed E-state index contributed by atoms with van der Waals surface area (Å²) in [7, 11) is -4.18. The first-order valence-corrected chi connectivity index (χ1v) is 9.20. The second-order valence-corrected chi connectivity index (χ2v) is 7.91. The summed E-state index contributed by atoms with van der Waals surface area (Å²) in [5, 5.41) is 14.4. The predicted molar refractivity (Wildman–Crippen MR) is 84.6 cm³/mol. The largest absolute Gasteiger partial charge is 0.477 e. The Balaban J connectivity index is 1.78. The Morgan fingerprint density at radius 3 is 2.29 bits per heavy atom. The molecule has 0 bridgehead atoms. The second-order valence-electron chi connectivity index (χ2n) is 6.49. The van der Waals surface area contributed by atoms with Gasteiger partial charge in [-0.3, -0.25) is 4.79 Å². The molecule has 2 fully saturated rings. The highest BCUT2D eigenvalue weighted by atomic mass is 32.2. The zero-order valence-corrected chi connectivity index (χ0v) is 13.8. The fourth-order valence-corrected chi connectivity index (χ4v) is 3.91. The Bertz CT molecular complexity index is 788. The van der Waals surface area contributed by atoms with Gasteiger partial charge in [0.15, 0.2) is 0 Å². The fourth-order valence-electron chi connectivity index (χ4n) is 3.24. The molecule has 10 heteroatoms. The molecule has 5 N–H and O–H groups in total. The van der Waals surface area contributed by atoms with Crippen molar-refractivity contribution in [3.8, 4) is 0 Å². The summed E-state index contributed by atoms with van der Waals surface area (Å²) in [6, 6.07) is 1.47. The quantitative estimate of drug-likeness (QED) is 0.658. The number of likely N-dealkylation sites (tertiary alicyclic amines) is 1. The van der Waals surface area contributed by atoms with E-state index in [1.165, 1.54) is 6.07 Å². The average molecular weight is 356 g/mol. The minimum atomic E-state index is -4.18. The number of nitrogens with two attached hydrogens (primary N) is 2. The second kappa shape index (κ2) is 5.57. The van der Waals surface area contributed by atoms with E-state index in [-0.39, 0.29) is 17.5 Å². The van der Waals surface area contributed by atoms with Crippen LogP contribution in [0.3, 0.4) is 0 Å². The van der Waals surface area contributed by atoms with E-state index in [0.29, 0.717) is 48.3 Å². The standard InChI is InChI=1S/C14H20N4O5S/c15-14(4-5-14)13(21)17-6-1-9(2-7-17)10-3-8-18(24(16,22)23)11(10)12(19)20/h3,8-9H,1-2,4-7,15H2,(H,19,20)(H2,16,22,23). The average Bonchev–Trinajstić information content (AvgIpc) is 3.10. The number of carboxylic acid groups (broad SMARTS) is 1. The molecular formula is C14H20N4O5S. The number of carbonyl (C=O) groups is 2. The van der Waals surface area contributed by atoms with E-state index in [1.807, 2.05) is 0 Å². The third kappa shape index (κ3) is 2.92. The number of carboxylic acids is 1. The smallest absolute Gasteiger partial charge is 0.353 e. The summed E-state index contributed by atoms with van der Waals surface area (Å²) in [5.74, 6) is -1.54. The summed E-state index contributed by atoms with van der Waals surface area (Å²) in [5.41, 5.74) is 5.31. The zero-order chi connectivity index (χ0) is 17.7. The topological polar surface area (TPSA) is 149 Å². The lowest BCUT2D eigenvalue weighted by atomic mass is 9.89. The number of amides is 1. The molecule has 1 aromatic heterocycles. The minimum Gasteiger partial charge on any atom is -0.477 e. The molecule has 1 saturated heterocycles. The van der Waals surface area contributed by atoms with Crippen molar-refractivity contribution < 1.29 is 23.1 Å². The Hall–Kier alpha value is -1.91. The Morgan fingerprint density at radius 2 is 1.83 bits per heavy atom. The Kier molecular flexibility index (Phi) is 3.93. The van der Waals surface area contributed by atoms with Crippen LogP contribution in [0.1, 0.15) is 47.7 Å². The molecule has 0 spiro atoms. The molecule has 9 nitrogen and oxygen atoms in total. The number of aromatic carboxylic acids is 1. The van der Waals surface area contributed by atoms with Crippen molar-refractivity contribution in [3.63, 3.8) is 0 Å². The molecule has 0 unspecified atom stereocenters. The van der Waals surface area contributed by atoms with Crippen molar-refractivity contribution in [1.29, 1.82) is 0 Å². The summed E-state index contributed by atoms with van der Waals surface area (Å²) in [4.78, 5) is 25.4. The molecule has 0 aromatic carbocycles. The van der Waals surface area contributed by atoms with E-state index < -0.39 is 21.7 Å². The normalized spacial score (nSPS) is 20.8. The highest BCUT2D eigenvalue weighted by Crippen LogP contribution is 2.37. The van der Waals surface area contributed by atoms with E-state index in [9.17, 15) is 23.1 Å². The number of piperidine rings is 1. The summed E-state index contributed by atoms with van der Waals surface area (Å²) >= 11 is 0. The first-order valence-electron chi connectivity index (χ1n) is 7.69. The molecule has 1 saturated carbocycles. The number of nitrogens with zero attached hydrogens (tertiary/aromatic N) is 2. The molecule has 1 amide bonds. The number of hydrogen-bond donors (Lipinski definition) is 3. The van der Waals surface area contributed by atoms with Crippen molar-refractivity contribution in [2.24, 2.45) is 10.9 Å². The van der Waals surface area contributed by atoms with Crippen molar-refractivity contribution in [1.82, 2.24) is 8.87 Å². The lowest BCUT2D eigenvalue weighted by molar-refractivity contribution is -0.134. The van der Waals surface area contributed by atoms with Gasteiger partial charge in [-0.05, 0) is 43.2 Å². The predicted octanol–water partition coefficient (Wildman–Crippen LogP) is -0.565. The van der Waals surface area contributed by atoms with Crippen LogP contribution in [0.4, 0.5) is 0 Å². The van der Waals surface area contributed by atoms with Crippen LogP contribution in [-0.2, 0) is 15.0 Å². The van der Waals surface area contributed by atoms with Gasteiger partial charge in [-0.15, -0.1) is 0 Å². The van der Waals surface area contributed by atoms with Gasteiger partial charge in [0, 0.05) is 19.3 Å². The zero-order valence-electron chi connectivity index (χ0n) is 13.0. The SMILES string of the molecule is NC1(C(=O)N2CCC(c3ccn(S(N)(=O)=O)c3C(=O)O)CC2)CC1. The first kappa shape index (κ1) is 16.9. The highest BCUT2D eigenvalue weighted by Gasteiger charge is 2.48. The number of hydrogen-bond acceptors (Lipinski definition) is 5. The molecule has 1 aliphatic heterocycles. The van der Waals surface area contributed by atoms with Crippen LogP contribution in [0.5, 0.6) is 0 Å². The van der Waals surface area contributed by atoms with Gasteiger partial charge < -0.3 is 15.7 Å². The molecule has 2 heterocycles. The van der Waals surface area contributed by atoms with Crippen molar-refractivity contribution in [2.75, 3.05) is 13.1 Å². The Morgan fingerprint density at radius 1 is 1.25 bits per heavy atom. The molecule has 24 heavy (non-hydrogen) atoms. The molecule has 0 atom stereocenters. The molecule has 1 aromatic rings. The van der Waals surface area contributed by atoms with Crippen LogP contribution in [0.25, 0.3) is 0 Å². The van der Waals surface area contributed by atoms with Gasteiger partial charge in [-0.1, -0.05) is 0 Å². The van der Waals surface area contributed by atoms with Crippen LogP contribution >= 0.6 is 0 Å². The van der Waals surface area contributed by atoms with E-state index in [1.54, 1.807) is 4.90 Å². The van der Waals surface area contributed by atoms with Gasteiger partial charge in [0.25, 0.3) is 0 Å². The summed E-state index contributed by atoms with van der Waals surface area (Å²) in [6.45, 7) is 0.949. The van der Waals surface area contributed by atoms with Crippen LogP contribution in [0.15, 0.2) is 12.3 Å². The third-order valence-electron chi connectivity index (χ3n) is 4.80. The van der Waals surface area contributed by atoms with Crippen molar-refractivity contribution in [3.05, 3.63) is 23.5 Å². The first-order chi connectivity index (χ1) is 11.1. The summed E-state index contributed by atoms with van der Waals surface area (Å²) in [6.07, 6.45) is 3.66. The van der Waals surface area contributed by atoms with Gasteiger partial charge in [0.05, 0.1) is 5.54 Å². The van der Waals surface area contributed by atoms with E-state index >= 15 is 0 Å². The lowest BCUT2D eigenvalue weighted by Gasteiger charge is -2.33. The van der Waals surface area contributed by atoms with Gasteiger partial charge in [-0.25, -0.2) is 13.9 Å². The molecule has 0 radical (unpaired) electrons. The maximum atomic E-state index is 12.2. The van der Waals surface area contributed by atoms with Gasteiger partial charge >= 0.3 is 16.2 Å². The maximum Gasteiger partial charge on any atom is 0.353 e. The van der Waals surface area contributed by atoms with E-state index in [2.05, 4.69) is 0 Å². The van der Waals surface area contributed by atoms with Crippen LogP contribution in [0, 0.1) is 0 Å². The molecule has 2 aliphatic rings. The van der Waals surface area contributed by atoms with Gasteiger partial charge in [-0.2, -0.15) is 8.42 Å². The molecular weight excluding hydrogens is 336 g/mol. The summed E-state index contributed by atoms with van der Waals surface area (Å²) < 4.78 is 23.6. The van der Waals surface area contributed by atoms with E-state index in [0.717, 1.165) is 6.20 Å². The van der Waals surface area contributed by atoms with Crippen LogP contribution in [0.2, 0.25) is 0 Å². The van der Waals surface area contributed by atoms with Crippen molar-refractivity contribution in [2.45, 2.75) is 37.1 Å². The third-order valence-corrected chi connectivity index (χ3v) is 5.65. The monoisotopic (exact) mass is 356 g/mol.